The Morgan fingerprint density at radius 2 is 1.95 bits per heavy atom. The van der Waals surface area contributed by atoms with Gasteiger partial charge in [0, 0.05) is 11.3 Å². The molecule has 0 amide bonds. The van der Waals surface area contributed by atoms with Crippen molar-refractivity contribution in [3.8, 4) is 0 Å². The number of thioether (sulfide) groups is 1. The molecule has 0 spiro atoms. The van der Waals surface area contributed by atoms with E-state index in [9.17, 15) is 0 Å². The summed E-state index contributed by atoms with van der Waals surface area (Å²) < 4.78 is 0. The van der Waals surface area contributed by atoms with E-state index in [0.717, 1.165) is 11.8 Å². The fourth-order valence-electron chi connectivity index (χ4n) is 2.97. The highest BCUT2D eigenvalue weighted by molar-refractivity contribution is 8.00. The monoisotopic (exact) mass is 291 g/mol. The molecule has 1 aromatic carbocycles. The smallest absolute Gasteiger partial charge is 0.0440 e. The third-order valence-corrected chi connectivity index (χ3v) is 5.54. The highest BCUT2D eigenvalue weighted by Gasteiger charge is 2.24. The second kappa shape index (κ2) is 8.74. The van der Waals surface area contributed by atoms with E-state index >= 15 is 0 Å². The number of hydrogen-bond donors (Lipinski definition) is 1. The molecule has 2 heteroatoms. The van der Waals surface area contributed by atoms with Crippen LogP contribution < -0.4 is 5.32 Å². The van der Waals surface area contributed by atoms with Crippen LogP contribution in [0.15, 0.2) is 24.3 Å². The summed E-state index contributed by atoms with van der Waals surface area (Å²) in [6.07, 6.45) is 7.80. The van der Waals surface area contributed by atoms with E-state index in [4.69, 9.17) is 0 Å². The van der Waals surface area contributed by atoms with Crippen molar-refractivity contribution in [2.24, 2.45) is 0 Å². The quantitative estimate of drug-likeness (QED) is 0.761. The molecule has 2 unspecified atom stereocenters. The molecule has 0 bridgehead atoms. The number of rotatable bonds is 7. The van der Waals surface area contributed by atoms with Gasteiger partial charge in [-0.15, -0.1) is 0 Å². The van der Waals surface area contributed by atoms with E-state index < -0.39 is 0 Å². The maximum absolute atomic E-state index is 3.79. The Kier molecular flexibility index (Phi) is 6.95. The summed E-state index contributed by atoms with van der Waals surface area (Å²) in [6, 6.07) is 9.90. The third kappa shape index (κ3) is 4.53. The van der Waals surface area contributed by atoms with Crippen LogP contribution in [0.1, 0.15) is 63.1 Å². The molecule has 112 valence electrons. The first-order valence-electron chi connectivity index (χ1n) is 8.29. The third-order valence-electron chi connectivity index (χ3n) is 4.08. The topological polar surface area (TPSA) is 12.0 Å². The van der Waals surface area contributed by atoms with Crippen LogP contribution in [-0.2, 0) is 6.42 Å². The lowest BCUT2D eigenvalue weighted by Crippen LogP contribution is -2.32. The molecule has 1 N–H and O–H groups in total. The summed E-state index contributed by atoms with van der Waals surface area (Å²) in [7, 11) is 0. The van der Waals surface area contributed by atoms with Crippen LogP contribution >= 0.6 is 11.8 Å². The van der Waals surface area contributed by atoms with Gasteiger partial charge in [0.25, 0.3) is 0 Å². The number of nitrogens with one attached hydrogen (secondary N) is 1. The van der Waals surface area contributed by atoms with Crippen LogP contribution in [0.3, 0.4) is 0 Å². The first kappa shape index (κ1) is 15.9. The molecule has 1 nitrogen and oxygen atoms in total. The predicted octanol–water partition coefficient (Wildman–Crippen LogP) is 4.97. The summed E-state index contributed by atoms with van der Waals surface area (Å²) in [5.41, 5.74) is 2.96. The molecule has 1 aliphatic heterocycles. The number of benzene rings is 1. The van der Waals surface area contributed by atoms with E-state index in [-0.39, 0.29) is 0 Å². The van der Waals surface area contributed by atoms with E-state index in [0.29, 0.717) is 6.04 Å². The molecule has 0 radical (unpaired) electrons. The molecule has 2 rings (SSSR count). The maximum atomic E-state index is 3.79. The van der Waals surface area contributed by atoms with Crippen molar-refractivity contribution in [3.05, 3.63) is 35.4 Å². The average molecular weight is 292 g/mol. The van der Waals surface area contributed by atoms with Crippen molar-refractivity contribution in [2.75, 3.05) is 12.3 Å². The van der Waals surface area contributed by atoms with E-state index in [1.54, 1.807) is 0 Å². The largest absolute Gasteiger partial charge is 0.309 e. The second-order valence-corrected chi connectivity index (χ2v) is 7.18. The summed E-state index contributed by atoms with van der Waals surface area (Å²) in [5, 5.41) is 4.54. The molecule has 1 heterocycles. The van der Waals surface area contributed by atoms with Crippen molar-refractivity contribution in [1.29, 1.82) is 0 Å². The van der Waals surface area contributed by atoms with Crippen LogP contribution in [0.25, 0.3) is 0 Å². The van der Waals surface area contributed by atoms with Gasteiger partial charge in [-0.05, 0) is 49.1 Å². The SMILES string of the molecule is CCCNC(c1ccc(CCC)cc1)C1CCCCS1. The van der Waals surface area contributed by atoms with Gasteiger partial charge >= 0.3 is 0 Å². The highest BCUT2D eigenvalue weighted by atomic mass is 32.2. The molecule has 2 atom stereocenters. The van der Waals surface area contributed by atoms with Gasteiger partial charge < -0.3 is 5.32 Å². The average Bonchev–Trinajstić information content (AvgIpc) is 2.51. The zero-order valence-electron chi connectivity index (χ0n) is 13.0. The van der Waals surface area contributed by atoms with Crippen molar-refractivity contribution in [3.63, 3.8) is 0 Å². The minimum atomic E-state index is 0.538. The Labute approximate surface area is 128 Å². The summed E-state index contributed by atoms with van der Waals surface area (Å²) in [5.74, 6) is 1.34. The first-order chi connectivity index (χ1) is 9.85. The molecule has 0 saturated carbocycles. The molecular formula is C18H29NS. The van der Waals surface area contributed by atoms with Gasteiger partial charge in [-0.2, -0.15) is 11.8 Å². The van der Waals surface area contributed by atoms with Gasteiger partial charge in [0.2, 0.25) is 0 Å². The van der Waals surface area contributed by atoms with E-state index in [2.05, 4.69) is 55.2 Å². The van der Waals surface area contributed by atoms with Gasteiger partial charge in [-0.1, -0.05) is 51.0 Å². The van der Waals surface area contributed by atoms with Gasteiger partial charge in [0.05, 0.1) is 0 Å². The standard InChI is InChI=1S/C18H29NS/c1-3-7-15-9-11-16(12-10-15)18(19-13-4-2)17-8-5-6-14-20-17/h9-12,17-19H,3-8,13-14H2,1-2H3. The summed E-state index contributed by atoms with van der Waals surface area (Å²) in [6.45, 7) is 5.62. The molecule has 0 aliphatic carbocycles. The molecule has 1 fully saturated rings. The Hall–Kier alpha value is -0.470. The molecule has 1 saturated heterocycles. The Balaban J connectivity index is 2.07. The lowest BCUT2D eigenvalue weighted by atomic mass is 9.97. The fourth-order valence-corrected chi connectivity index (χ4v) is 4.43. The van der Waals surface area contributed by atoms with Crippen molar-refractivity contribution in [1.82, 2.24) is 5.32 Å². The zero-order chi connectivity index (χ0) is 14.2. The van der Waals surface area contributed by atoms with Crippen LogP contribution in [0.4, 0.5) is 0 Å². The van der Waals surface area contributed by atoms with Gasteiger partial charge in [-0.25, -0.2) is 0 Å². The number of hydrogen-bond acceptors (Lipinski definition) is 2. The fraction of sp³-hybridized carbons (Fsp3) is 0.667. The van der Waals surface area contributed by atoms with Crippen LogP contribution in [-0.4, -0.2) is 17.5 Å². The lowest BCUT2D eigenvalue weighted by Gasteiger charge is -2.31. The van der Waals surface area contributed by atoms with Gasteiger partial charge in [0.1, 0.15) is 0 Å². The van der Waals surface area contributed by atoms with Crippen molar-refractivity contribution >= 4 is 11.8 Å². The highest BCUT2D eigenvalue weighted by Crippen LogP contribution is 2.34. The van der Waals surface area contributed by atoms with E-state index in [1.807, 2.05) is 0 Å². The minimum absolute atomic E-state index is 0.538. The van der Waals surface area contributed by atoms with Crippen LogP contribution in [0, 0.1) is 0 Å². The maximum Gasteiger partial charge on any atom is 0.0440 e. The van der Waals surface area contributed by atoms with Crippen molar-refractivity contribution in [2.45, 2.75) is 63.7 Å². The Morgan fingerprint density at radius 1 is 1.15 bits per heavy atom. The van der Waals surface area contributed by atoms with Crippen LogP contribution in [0.5, 0.6) is 0 Å². The van der Waals surface area contributed by atoms with E-state index in [1.165, 1.54) is 55.4 Å². The predicted molar refractivity (Wildman–Crippen MR) is 91.6 cm³/mol. The van der Waals surface area contributed by atoms with Crippen LogP contribution in [0.2, 0.25) is 0 Å². The first-order valence-corrected chi connectivity index (χ1v) is 9.33. The zero-order valence-corrected chi connectivity index (χ0v) is 13.8. The molecule has 1 aliphatic rings. The minimum Gasteiger partial charge on any atom is -0.309 e. The molecular weight excluding hydrogens is 262 g/mol. The number of aryl methyl sites for hydroxylation is 1. The van der Waals surface area contributed by atoms with Crippen molar-refractivity contribution < 1.29 is 0 Å². The lowest BCUT2D eigenvalue weighted by molar-refractivity contribution is 0.479. The Morgan fingerprint density at radius 3 is 2.55 bits per heavy atom. The molecule has 0 aromatic heterocycles. The van der Waals surface area contributed by atoms with Gasteiger partial charge in [-0.3, -0.25) is 0 Å². The Bertz CT molecular complexity index is 368. The summed E-state index contributed by atoms with van der Waals surface area (Å²) >= 11 is 2.17. The molecule has 1 aromatic rings. The normalized spacial score (nSPS) is 20.8. The summed E-state index contributed by atoms with van der Waals surface area (Å²) in [4.78, 5) is 0. The molecule has 20 heavy (non-hydrogen) atoms. The second-order valence-electron chi connectivity index (χ2n) is 5.83. The van der Waals surface area contributed by atoms with Gasteiger partial charge in [0.15, 0.2) is 0 Å².